The highest BCUT2D eigenvalue weighted by atomic mass is 19.4. The van der Waals surface area contributed by atoms with Crippen LogP contribution in [0.25, 0.3) is 0 Å². The molecule has 0 spiro atoms. The van der Waals surface area contributed by atoms with Gasteiger partial charge in [0.25, 0.3) is 5.91 Å². The third-order valence-electron chi connectivity index (χ3n) is 5.15. The van der Waals surface area contributed by atoms with Gasteiger partial charge in [-0.05, 0) is 44.2 Å². The summed E-state index contributed by atoms with van der Waals surface area (Å²) in [5.41, 5.74) is -0.392. The van der Waals surface area contributed by atoms with Crippen molar-refractivity contribution in [3.63, 3.8) is 0 Å². The highest BCUT2D eigenvalue weighted by molar-refractivity contribution is 5.92. The number of anilines is 2. The van der Waals surface area contributed by atoms with Crippen LogP contribution in [0.2, 0.25) is 0 Å². The molecule has 0 atom stereocenters. The van der Waals surface area contributed by atoms with Crippen LogP contribution in [0.5, 0.6) is 0 Å². The Morgan fingerprint density at radius 1 is 1.15 bits per heavy atom. The van der Waals surface area contributed by atoms with Gasteiger partial charge >= 0.3 is 6.18 Å². The van der Waals surface area contributed by atoms with Gasteiger partial charge in [-0.2, -0.15) is 18.3 Å². The Bertz CT molecular complexity index is 969. The van der Waals surface area contributed by atoms with Gasteiger partial charge in [0.15, 0.2) is 5.82 Å². The molecule has 1 saturated carbocycles. The zero-order valence-electron chi connectivity index (χ0n) is 18.9. The van der Waals surface area contributed by atoms with Crippen LogP contribution in [0.3, 0.4) is 0 Å². The largest absolute Gasteiger partial charge is 0.417 e. The highest BCUT2D eigenvalue weighted by Crippen LogP contribution is 2.29. The first kappa shape index (κ1) is 25.1. The average Bonchev–Trinajstić information content (AvgIpc) is 3.67. The van der Waals surface area contributed by atoms with E-state index in [4.69, 9.17) is 0 Å². The summed E-state index contributed by atoms with van der Waals surface area (Å²) in [5.74, 6) is 0.907. The van der Waals surface area contributed by atoms with Crippen molar-refractivity contribution in [3.8, 4) is 0 Å². The van der Waals surface area contributed by atoms with E-state index in [1.807, 2.05) is 4.90 Å². The molecule has 1 amide bonds. The maximum atomic E-state index is 12.3. The summed E-state index contributed by atoms with van der Waals surface area (Å²) in [6.45, 7) is 5.17. The number of hydrogen-bond acceptors (Lipinski definition) is 7. The number of carbonyl (C=O) groups is 1. The number of amides is 1. The molecule has 0 bridgehead atoms. The Hall–Kier alpha value is -3.57. The number of pyridine rings is 1. The Morgan fingerprint density at radius 2 is 1.88 bits per heavy atom. The van der Waals surface area contributed by atoms with Crippen molar-refractivity contribution in [1.82, 2.24) is 20.3 Å². The first-order valence-corrected chi connectivity index (χ1v) is 10.9. The van der Waals surface area contributed by atoms with Crippen molar-refractivity contribution < 1.29 is 18.0 Å². The summed E-state index contributed by atoms with van der Waals surface area (Å²) >= 11 is 0. The smallest absolute Gasteiger partial charge is 0.357 e. The molecule has 2 aliphatic rings. The number of halogens is 3. The first-order valence-electron chi connectivity index (χ1n) is 10.9. The molecule has 0 radical (unpaired) electrons. The first-order chi connectivity index (χ1) is 16.3. The van der Waals surface area contributed by atoms with E-state index in [9.17, 15) is 18.0 Å². The lowest BCUT2D eigenvalue weighted by Gasteiger charge is -2.27. The van der Waals surface area contributed by atoms with E-state index in [0.717, 1.165) is 51.0 Å². The molecule has 1 aliphatic heterocycles. The van der Waals surface area contributed by atoms with Crippen molar-refractivity contribution in [2.75, 3.05) is 30.0 Å². The van der Waals surface area contributed by atoms with E-state index in [-0.39, 0.29) is 5.91 Å². The van der Waals surface area contributed by atoms with E-state index in [1.54, 1.807) is 7.05 Å². The van der Waals surface area contributed by atoms with Crippen molar-refractivity contribution >= 4 is 30.6 Å². The highest BCUT2D eigenvalue weighted by Gasteiger charge is 2.31. The normalized spacial score (nSPS) is 15.9. The number of rotatable bonds is 6. The van der Waals surface area contributed by atoms with Crippen LogP contribution in [0, 0.1) is 0 Å². The fourth-order valence-corrected chi connectivity index (χ4v) is 3.19. The number of hydrogen-bond donors (Lipinski definition) is 1. The SMILES string of the molecule is C=NN(C=NC)c1cnc(C(=O)NC2CC2)cn1.FC(F)(F)c1ccc(N2CCCCC2)nc1. The summed E-state index contributed by atoms with van der Waals surface area (Å²) in [5, 5.41) is 7.92. The topological polar surface area (TPSA) is 99.0 Å². The van der Waals surface area contributed by atoms with Gasteiger partial charge in [0, 0.05) is 39.1 Å². The van der Waals surface area contributed by atoms with Crippen molar-refractivity contribution in [2.24, 2.45) is 10.1 Å². The van der Waals surface area contributed by atoms with Gasteiger partial charge in [-0.25, -0.2) is 20.0 Å². The molecule has 0 aromatic carbocycles. The molecule has 1 aliphatic carbocycles. The molecule has 1 N–H and O–H groups in total. The predicted octanol–water partition coefficient (Wildman–Crippen LogP) is 3.54. The van der Waals surface area contributed by atoms with Crippen LogP contribution in [0.15, 0.2) is 40.8 Å². The van der Waals surface area contributed by atoms with Crippen LogP contribution >= 0.6 is 0 Å². The molecule has 34 heavy (non-hydrogen) atoms. The van der Waals surface area contributed by atoms with Crippen LogP contribution in [-0.4, -0.2) is 60.1 Å². The lowest BCUT2D eigenvalue weighted by molar-refractivity contribution is -0.137. The number of carbonyl (C=O) groups excluding carboxylic acids is 1. The van der Waals surface area contributed by atoms with Gasteiger partial charge in [-0.1, -0.05) is 0 Å². The van der Waals surface area contributed by atoms with Crippen molar-refractivity contribution in [3.05, 3.63) is 42.0 Å². The van der Waals surface area contributed by atoms with Crippen molar-refractivity contribution in [2.45, 2.75) is 44.3 Å². The summed E-state index contributed by atoms with van der Waals surface area (Å²) in [7, 11) is 1.61. The van der Waals surface area contributed by atoms with Gasteiger partial charge in [0.05, 0.1) is 18.0 Å². The molecule has 4 rings (SSSR count). The maximum Gasteiger partial charge on any atom is 0.417 e. The minimum atomic E-state index is -4.30. The fraction of sp³-hybridized carbons (Fsp3) is 0.455. The van der Waals surface area contributed by atoms with E-state index in [2.05, 4.69) is 37.1 Å². The number of hydrazone groups is 1. The molecule has 9 nitrogen and oxygen atoms in total. The summed E-state index contributed by atoms with van der Waals surface area (Å²) in [6.07, 6.45) is 6.38. The Morgan fingerprint density at radius 3 is 2.38 bits per heavy atom. The Labute approximate surface area is 195 Å². The van der Waals surface area contributed by atoms with Gasteiger partial charge < -0.3 is 10.2 Å². The molecular formula is C22H27F3N8O. The summed E-state index contributed by atoms with van der Waals surface area (Å²) < 4.78 is 36.9. The fourth-order valence-electron chi connectivity index (χ4n) is 3.19. The van der Waals surface area contributed by atoms with Crippen LogP contribution in [-0.2, 0) is 6.18 Å². The molecule has 182 valence electrons. The predicted molar refractivity (Wildman–Crippen MR) is 124 cm³/mol. The third kappa shape index (κ3) is 7.22. The van der Waals surface area contributed by atoms with E-state index < -0.39 is 11.7 Å². The zero-order chi connectivity index (χ0) is 24.6. The number of piperidine rings is 1. The second-order valence-electron chi connectivity index (χ2n) is 7.82. The number of aromatic nitrogens is 3. The molecule has 2 aromatic rings. The lowest BCUT2D eigenvalue weighted by Crippen LogP contribution is -2.30. The van der Waals surface area contributed by atoms with Crippen LogP contribution in [0.1, 0.15) is 48.2 Å². The molecule has 2 fully saturated rings. The van der Waals surface area contributed by atoms with E-state index in [0.29, 0.717) is 23.4 Å². The zero-order valence-corrected chi connectivity index (χ0v) is 18.9. The summed E-state index contributed by atoms with van der Waals surface area (Å²) in [6, 6.07) is 2.85. The standard InChI is InChI=1S/C11H13F3N2.C11H14N6O/c12-11(13,14)9-4-5-10(15-8-9)16-6-2-1-3-7-16;1-12-7-17(13-2)10-6-14-9(5-15-10)11(18)16-8-3-4-8/h4-5,8H,1-3,6-7H2;5-8H,2-4H2,1H3,(H,16,18). The average molecular weight is 477 g/mol. The Balaban J connectivity index is 0.000000192. The molecule has 3 heterocycles. The van der Waals surface area contributed by atoms with Crippen LogP contribution in [0.4, 0.5) is 24.8 Å². The molecular weight excluding hydrogens is 449 g/mol. The minimum Gasteiger partial charge on any atom is -0.357 e. The molecule has 0 unspecified atom stereocenters. The van der Waals surface area contributed by atoms with Gasteiger partial charge in [0.2, 0.25) is 0 Å². The maximum absolute atomic E-state index is 12.3. The van der Waals surface area contributed by atoms with Gasteiger partial charge in [-0.15, -0.1) is 0 Å². The van der Waals surface area contributed by atoms with E-state index >= 15 is 0 Å². The number of nitrogens with zero attached hydrogens (tertiary/aromatic N) is 7. The number of aliphatic imine (C=N–C) groups is 1. The molecule has 2 aromatic heterocycles. The minimum absolute atomic E-state index is 0.196. The number of alkyl halides is 3. The van der Waals surface area contributed by atoms with Crippen molar-refractivity contribution in [1.29, 1.82) is 0 Å². The van der Waals surface area contributed by atoms with Gasteiger partial charge in [0.1, 0.15) is 17.9 Å². The quantitative estimate of drug-likeness (QED) is 0.389. The van der Waals surface area contributed by atoms with E-state index in [1.165, 1.54) is 36.2 Å². The second kappa shape index (κ2) is 11.5. The summed E-state index contributed by atoms with van der Waals surface area (Å²) in [4.78, 5) is 29.5. The Kier molecular flexibility index (Phi) is 8.50. The van der Waals surface area contributed by atoms with Gasteiger partial charge in [-0.3, -0.25) is 9.79 Å². The molecule has 1 saturated heterocycles. The molecule has 12 heteroatoms. The van der Waals surface area contributed by atoms with Crippen LogP contribution < -0.4 is 15.2 Å². The second-order valence-corrected chi connectivity index (χ2v) is 7.82. The number of nitrogens with one attached hydrogen (secondary N) is 1. The monoisotopic (exact) mass is 476 g/mol. The third-order valence-corrected chi connectivity index (χ3v) is 5.15. The lowest BCUT2D eigenvalue weighted by atomic mass is 10.1.